The van der Waals surface area contributed by atoms with Crippen LogP contribution in [0.25, 0.3) is 0 Å². The summed E-state index contributed by atoms with van der Waals surface area (Å²) in [7, 11) is -0.501. The van der Waals surface area contributed by atoms with E-state index in [1.807, 2.05) is 6.07 Å². The van der Waals surface area contributed by atoms with Crippen molar-refractivity contribution in [2.45, 2.75) is 4.90 Å². The van der Waals surface area contributed by atoms with Crippen molar-refractivity contribution < 1.29 is 8.42 Å². The van der Waals surface area contributed by atoms with Crippen molar-refractivity contribution in [2.24, 2.45) is 0 Å². The molecule has 21 heavy (non-hydrogen) atoms. The van der Waals surface area contributed by atoms with Crippen molar-refractivity contribution in [2.75, 3.05) is 23.7 Å². The van der Waals surface area contributed by atoms with E-state index in [0.717, 1.165) is 0 Å². The minimum atomic E-state index is -3.67. The summed E-state index contributed by atoms with van der Waals surface area (Å²) in [4.78, 5) is 0.208. The molecule has 0 amide bonds. The molecule has 6 heteroatoms. The molecule has 108 valence electrons. The van der Waals surface area contributed by atoms with Gasteiger partial charge in [0.2, 0.25) is 0 Å². The number of nitrogens with zero attached hydrogens (tertiary/aromatic N) is 2. The standard InChI is InChI=1S/C15H15N3O2S/c1-17-14-5-3-4-6-15(14)21(19,20)18(2)13-9-7-12(11-16)8-10-13/h3-10,17H,1-2H3. The summed E-state index contributed by atoms with van der Waals surface area (Å²) >= 11 is 0. The van der Waals surface area contributed by atoms with E-state index in [9.17, 15) is 8.42 Å². The van der Waals surface area contributed by atoms with Crippen LogP contribution in [0.1, 0.15) is 5.56 Å². The summed E-state index contributed by atoms with van der Waals surface area (Å²) in [5.41, 5.74) is 1.53. The second-order valence-corrected chi connectivity index (χ2v) is 6.32. The zero-order chi connectivity index (χ0) is 15.5. The molecule has 2 aromatic carbocycles. The van der Waals surface area contributed by atoms with Crippen LogP contribution in [0.15, 0.2) is 53.4 Å². The Morgan fingerprint density at radius 1 is 1.10 bits per heavy atom. The van der Waals surface area contributed by atoms with Gasteiger partial charge in [0.25, 0.3) is 10.0 Å². The molecule has 0 saturated carbocycles. The van der Waals surface area contributed by atoms with Crippen LogP contribution in [0.2, 0.25) is 0 Å². The van der Waals surface area contributed by atoms with Gasteiger partial charge < -0.3 is 5.32 Å². The third kappa shape index (κ3) is 2.83. The molecular weight excluding hydrogens is 286 g/mol. The van der Waals surface area contributed by atoms with Gasteiger partial charge in [0, 0.05) is 14.1 Å². The zero-order valence-electron chi connectivity index (χ0n) is 11.7. The molecule has 0 aliphatic carbocycles. The summed E-state index contributed by atoms with van der Waals surface area (Å²) < 4.78 is 26.6. The number of benzene rings is 2. The van der Waals surface area contributed by atoms with Crippen LogP contribution < -0.4 is 9.62 Å². The van der Waals surface area contributed by atoms with Gasteiger partial charge in [-0.2, -0.15) is 5.26 Å². The lowest BCUT2D eigenvalue weighted by Crippen LogP contribution is -2.27. The van der Waals surface area contributed by atoms with E-state index in [1.165, 1.54) is 11.4 Å². The highest BCUT2D eigenvalue weighted by atomic mass is 32.2. The van der Waals surface area contributed by atoms with Gasteiger partial charge in [-0.3, -0.25) is 4.31 Å². The van der Waals surface area contributed by atoms with Crippen molar-refractivity contribution in [3.8, 4) is 6.07 Å². The maximum Gasteiger partial charge on any atom is 0.266 e. The average molecular weight is 301 g/mol. The van der Waals surface area contributed by atoms with Crippen LogP contribution in [0.4, 0.5) is 11.4 Å². The minimum Gasteiger partial charge on any atom is -0.387 e. The number of rotatable bonds is 4. The second kappa shape index (κ2) is 5.85. The quantitative estimate of drug-likeness (QED) is 0.941. The monoisotopic (exact) mass is 301 g/mol. The predicted octanol–water partition coefficient (Wildman–Crippen LogP) is 2.43. The van der Waals surface area contributed by atoms with Gasteiger partial charge in [0.1, 0.15) is 4.90 Å². The Labute approximate surface area is 124 Å². The Morgan fingerprint density at radius 2 is 1.71 bits per heavy atom. The maximum atomic E-state index is 12.7. The summed E-state index contributed by atoms with van der Waals surface area (Å²) in [6.45, 7) is 0. The zero-order valence-corrected chi connectivity index (χ0v) is 12.6. The molecule has 0 fully saturated rings. The fraction of sp³-hybridized carbons (Fsp3) is 0.133. The van der Waals surface area contributed by atoms with Crippen LogP contribution >= 0.6 is 0 Å². The maximum absolute atomic E-state index is 12.7. The first-order valence-corrected chi connectivity index (χ1v) is 7.70. The average Bonchev–Trinajstić information content (AvgIpc) is 2.54. The Morgan fingerprint density at radius 3 is 2.29 bits per heavy atom. The Balaban J connectivity index is 2.45. The fourth-order valence-corrected chi connectivity index (χ4v) is 3.32. The minimum absolute atomic E-state index is 0.208. The summed E-state index contributed by atoms with van der Waals surface area (Å²) in [6.07, 6.45) is 0. The summed E-state index contributed by atoms with van der Waals surface area (Å²) in [5.74, 6) is 0. The Bertz CT molecular complexity index is 777. The number of para-hydroxylation sites is 1. The van der Waals surface area contributed by atoms with Gasteiger partial charge in [0.05, 0.1) is 23.0 Å². The van der Waals surface area contributed by atoms with E-state index in [-0.39, 0.29) is 4.90 Å². The van der Waals surface area contributed by atoms with Crippen molar-refractivity contribution in [3.05, 3.63) is 54.1 Å². The number of hydrogen-bond donors (Lipinski definition) is 1. The molecule has 0 spiro atoms. The predicted molar refractivity (Wildman–Crippen MR) is 82.7 cm³/mol. The number of sulfonamides is 1. The molecule has 0 aliphatic heterocycles. The highest BCUT2D eigenvalue weighted by molar-refractivity contribution is 7.93. The van der Waals surface area contributed by atoms with Crippen LogP contribution in [-0.4, -0.2) is 22.5 Å². The molecule has 0 atom stereocenters. The summed E-state index contributed by atoms with van der Waals surface area (Å²) in [5, 5.41) is 11.7. The molecular formula is C15H15N3O2S. The molecule has 5 nitrogen and oxygen atoms in total. The molecule has 2 rings (SSSR count). The summed E-state index contributed by atoms with van der Waals surface area (Å²) in [6, 6.07) is 15.1. The number of nitrogens with one attached hydrogen (secondary N) is 1. The normalized spacial score (nSPS) is 10.7. The lowest BCUT2D eigenvalue weighted by Gasteiger charge is -2.21. The molecule has 0 unspecified atom stereocenters. The van der Waals surface area contributed by atoms with Crippen molar-refractivity contribution in [1.82, 2.24) is 0 Å². The van der Waals surface area contributed by atoms with Crippen LogP contribution in [0.3, 0.4) is 0 Å². The van der Waals surface area contributed by atoms with Crippen molar-refractivity contribution in [1.29, 1.82) is 5.26 Å². The molecule has 0 aromatic heterocycles. The molecule has 0 bridgehead atoms. The topological polar surface area (TPSA) is 73.2 Å². The van der Waals surface area contributed by atoms with Gasteiger partial charge in [0.15, 0.2) is 0 Å². The van der Waals surface area contributed by atoms with Gasteiger partial charge in [-0.15, -0.1) is 0 Å². The van der Waals surface area contributed by atoms with Crippen LogP contribution in [-0.2, 0) is 10.0 Å². The van der Waals surface area contributed by atoms with E-state index in [2.05, 4.69) is 5.32 Å². The SMILES string of the molecule is CNc1ccccc1S(=O)(=O)N(C)c1ccc(C#N)cc1. The third-order valence-corrected chi connectivity index (χ3v) is 5.00. The molecule has 0 heterocycles. The molecule has 0 aliphatic rings. The Hall–Kier alpha value is -2.52. The van der Waals surface area contributed by atoms with Gasteiger partial charge in [-0.25, -0.2) is 8.42 Å². The van der Waals surface area contributed by atoms with E-state index < -0.39 is 10.0 Å². The van der Waals surface area contributed by atoms with Crippen LogP contribution in [0.5, 0.6) is 0 Å². The van der Waals surface area contributed by atoms with Crippen LogP contribution in [0, 0.1) is 11.3 Å². The second-order valence-electron chi connectivity index (χ2n) is 4.38. The number of hydrogen-bond acceptors (Lipinski definition) is 4. The Kier molecular flexibility index (Phi) is 4.15. The highest BCUT2D eigenvalue weighted by Crippen LogP contribution is 2.27. The largest absolute Gasteiger partial charge is 0.387 e. The fourth-order valence-electron chi connectivity index (χ4n) is 1.93. The van der Waals surface area contributed by atoms with Gasteiger partial charge >= 0.3 is 0 Å². The van der Waals surface area contributed by atoms with Gasteiger partial charge in [-0.1, -0.05) is 12.1 Å². The first-order chi connectivity index (χ1) is 10.0. The third-order valence-electron chi connectivity index (χ3n) is 3.15. The van der Waals surface area contributed by atoms with Gasteiger partial charge in [-0.05, 0) is 36.4 Å². The first-order valence-electron chi connectivity index (χ1n) is 6.26. The molecule has 1 N–H and O–H groups in total. The first kappa shape index (κ1) is 14.9. The highest BCUT2D eigenvalue weighted by Gasteiger charge is 2.23. The number of nitriles is 1. The number of anilines is 2. The van der Waals surface area contributed by atoms with E-state index in [1.54, 1.807) is 55.6 Å². The molecule has 2 aromatic rings. The lowest BCUT2D eigenvalue weighted by molar-refractivity contribution is 0.594. The molecule has 0 saturated heterocycles. The van der Waals surface area contributed by atoms with Crippen molar-refractivity contribution >= 4 is 21.4 Å². The van der Waals surface area contributed by atoms with E-state index >= 15 is 0 Å². The van der Waals surface area contributed by atoms with E-state index in [4.69, 9.17) is 5.26 Å². The smallest absolute Gasteiger partial charge is 0.266 e. The lowest BCUT2D eigenvalue weighted by atomic mass is 10.2. The van der Waals surface area contributed by atoms with E-state index in [0.29, 0.717) is 16.9 Å². The molecule has 0 radical (unpaired) electrons. The van der Waals surface area contributed by atoms with Crippen molar-refractivity contribution in [3.63, 3.8) is 0 Å².